The summed E-state index contributed by atoms with van der Waals surface area (Å²) in [6.07, 6.45) is 6.66. The van der Waals surface area contributed by atoms with Crippen LogP contribution in [-0.4, -0.2) is 21.3 Å². The molecule has 94 valence electrons. The van der Waals surface area contributed by atoms with Crippen LogP contribution in [-0.2, 0) is 11.2 Å². The molecule has 1 saturated carbocycles. The number of thiazole rings is 1. The van der Waals surface area contributed by atoms with Gasteiger partial charge in [-0.1, -0.05) is 31.0 Å². The van der Waals surface area contributed by atoms with Crippen molar-refractivity contribution < 1.29 is 9.90 Å². The first-order chi connectivity index (χ1) is 8.15. The SMILES string of the molecule is Cc1nc(SC2CCCCC2)sc1CC(=O)O. The van der Waals surface area contributed by atoms with Crippen LogP contribution in [0.25, 0.3) is 0 Å². The third-order valence-electron chi connectivity index (χ3n) is 3.00. The fourth-order valence-corrected chi connectivity index (χ4v) is 4.81. The van der Waals surface area contributed by atoms with E-state index >= 15 is 0 Å². The van der Waals surface area contributed by atoms with E-state index in [1.54, 1.807) is 11.3 Å². The zero-order chi connectivity index (χ0) is 12.3. The number of hydrogen-bond donors (Lipinski definition) is 1. The highest BCUT2D eigenvalue weighted by Crippen LogP contribution is 2.36. The van der Waals surface area contributed by atoms with Crippen molar-refractivity contribution in [1.82, 2.24) is 4.98 Å². The predicted molar refractivity (Wildman–Crippen MR) is 70.9 cm³/mol. The average molecular weight is 271 g/mol. The number of carboxylic acids is 1. The Kier molecular flexibility index (Phi) is 4.45. The van der Waals surface area contributed by atoms with E-state index in [-0.39, 0.29) is 6.42 Å². The number of aliphatic carboxylic acids is 1. The molecule has 0 unspecified atom stereocenters. The van der Waals surface area contributed by atoms with Gasteiger partial charge in [-0.05, 0) is 19.8 Å². The van der Waals surface area contributed by atoms with Crippen molar-refractivity contribution >= 4 is 29.1 Å². The molecule has 1 aliphatic carbocycles. The molecule has 1 aliphatic rings. The van der Waals surface area contributed by atoms with E-state index in [2.05, 4.69) is 4.98 Å². The van der Waals surface area contributed by atoms with Gasteiger partial charge in [0.15, 0.2) is 4.34 Å². The second-order valence-electron chi connectivity index (χ2n) is 4.44. The molecule has 2 rings (SSSR count). The van der Waals surface area contributed by atoms with E-state index < -0.39 is 5.97 Å². The molecule has 0 saturated heterocycles. The summed E-state index contributed by atoms with van der Waals surface area (Å²) < 4.78 is 1.05. The van der Waals surface area contributed by atoms with Gasteiger partial charge in [0.25, 0.3) is 0 Å². The van der Waals surface area contributed by atoms with Crippen LogP contribution in [0.15, 0.2) is 4.34 Å². The van der Waals surface area contributed by atoms with Crippen LogP contribution in [0.1, 0.15) is 42.7 Å². The summed E-state index contributed by atoms with van der Waals surface area (Å²) in [5, 5.41) is 9.48. The molecule has 0 radical (unpaired) electrons. The molecule has 1 aromatic rings. The molecule has 1 N–H and O–H groups in total. The fourth-order valence-electron chi connectivity index (χ4n) is 2.08. The van der Waals surface area contributed by atoms with Gasteiger partial charge in [0.2, 0.25) is 0 Å². The van der Waals surface area contributed by atoms with Gasteiger partial charge in [-0.2, -0.15) is 0 Å². The van der Waals surface area contributed by atoms with E-state index in [1.165, 1.54) is 32.1 Å². The van der Waals surface area contributed by atoms with Crippen LogP contribution in [0.3, 0.4) is 0 Å². The Balaban J connectivity index is 1.98. The molecule has 0 amide bonds. The van der Waals surface area contributed by atoms with E-state index in [0.717, 1.165) is 14.9 Å². The molecule has 1 heterocycles. The van der Waals surface area contributed by atoms with Crippen LogP contribution in [0.2, 0.25) is 0 Å². The highest BCUT2D eigenvalue weighted by atomic mass is 32.2. The number of nitrogens with zero attached hydrogens (tertiary/aromatic N) is 1. The monoisotopic (exact) mass is 271 g/mol. The largest absolute Gasteiger partial charge is 0.481 e. The summed E-state index contributed by atoms with van der Waals surface area (Å²) in [5.41, 5.74) is 0.885. The second kappa shape index (κ2) is 5.87. The van der Waals surface area contributed by atoms with Crippen LogP contribution in [0.5, 0.6) is 0 Å². The lowest BCUT2D eigenvalue weighted by molar-refractivity contribution is -0.136. The fraction of sp³-hybridized carbons (Fsp3) is 0.667. The van der Waals surface area contributed by atoms with Gasteiger partial charge >= 0.3 is 5.97 Å². The first-order valence-corrected chi connectivity index (χ1v) is 7.69. The standard InChI is InChI=1S/C12H17NO2S2/c1-8-10(7-11(14)15)17-12(13-8)16-9-5-3-2-4-6-9/h9H,2-7H2,1H3,(H,14,15). The van der Waals surface area contributed by atoms with E-state index in [9.17, 15) is 4.79 Å². The first-order valence-electron chi connectivity index (χ1n) is 6.00. The van der Waals surface area contributed by atoms with Gasteiger partial charge in [-0.15, -0.1) is 11.3 Å². The molecule has 0 spiro atoms. The Hall–Kier alpha value is -0.550. The summed E-state index contributed by atoms with van der Waals surface area (Å²) >= 11 is 3.39. The minimum Gasteiger partial charge on any atom is -0.481 e. The summed E-state index contributed by atoms with van der Waals surface area (Å²) in [4.78, 5) is 16.1. The molecule has 1 aromatic heterocycles. The lowest BCUT2D eigenvalue weighted by Gasteiger charge is -2.19. The molecule has 0 atom stereocenters. The highest BCUT2D eigenvalue weighted by Gasteiger charge is 2.18. The number of carboxylic acid groups (broad SMARTS) is 1. The van der Waals surface area contributed by atoms with Crippen molar-refractivity contribution in [2.24, 2.45) is 0 Å². The second-order valence-corrected chi connectivity index (χ2v) is 7.07. The van der Waals surface area contributed by atoms with Gasteiger partial charge < -0.3 is 5.11 Å². The van der Waals surface area contributed by atoms with Crippen molar-refractivity contribution in [3.05, 3.63) is 10.6 Å². The number of thioether (sulfide) groups is 1. The Morgan fingerprint density at radius 2 is 2.18 bits per heavy atom. The normalized spacial score (nSPS) is 17.2. The molecule has 1 fully saturated rings. The van der Waals surface area contributed by atoms with Gasteiger partial charge in [-0.3, -0.25) is 4.79 Å². The quantitative estimate of drug-likeness (QED) is 0.910. The van der Waals surface area contributed by atoms with Crippen LogP contribution in [0, 0.1) is 6.92 Å². The summed E-state index contributed by atoms with van der Waals surface area (Å²) in [6, 6.07) is 0. The zero-order valence-electron chi connectivity index (χ0n) is 9.94. The maximum absolute atomic E-state index is 10.7. The van der Waals surface area contributed by atoms with Gasteiger partial charge in [0.1, 0.15) is 0 Å². The van der Waals surface area contributed by atoms with Crippen molar-refractivity contribution in [2.75, 3.05) is 0 Å². The topological polar surface area (TPSA) is 50.2 Å². The molecule has 5 heteroatoms. The van der Waals surface area contributed by atoms with Crippen molar-refractivity contribution in [1.29, 1.82) is 0 Å². The number of aromatic nitrogens is 1. The van der Waals surface area contributed by atoms with E-state index in [0.29, 0.717) is 5.25 Å². The number of hydrogen-bond acceptors (Lipinski definition) is 4. The number of rotatable bonds is 4. The lowest BCUT2D eigenvalue weighted by atomic mass is 10.0. The minimum atomic E-state index is -0.772. The Labute approximate surface area is 110 Å². The molecule has 0 bridgehead atoms. The summed E-state index contributed by atoms with van der Waals surface area (Å²) in [5.74, 6) is -0.772. The zero-order valence-corrected chi connectivity index (χ0v) is 11.6. The van der Waals surface area contributed by atoms with Gasteiger partial charge in [0.05, 0.1) is 12.1 Å². The minimum absolute atomic E-state index is 0.106. The van der Waals surface area contributed by atoms with Gasteiger partial charge in [0, 0.05) is 10.1 Å². The molecular formula is C12H17NO2S2. The Morgan fingerprint density at radius 1 is 1.47 bits per heavy atom. The van der Waals surface area contributed by atoms with Crippen LogP contribution in [0.4, 0.5) is 0 Å². The molecule has 0 aliphatic heterocycles. The summed E-state index contributed by atoms with van der Waals surface area (Å²) in [7, 11) is 0. The Bertz CT molecular complexity index is 397. The van der Waals surface area contributed by atoms with Crippen LogP contribution < -0.4 is 0 Å². The van der Waals surface area contributed by atoms with Crippen molar-refractivity contribution in [3.63, 3.8) is 0 Å². The highest BCUT2D eigenvalue weighted by molar-refractivity contribution is 8.01. The lowest BCUT2D eigenvalue weighted by Crippen LogP contribution is -2.07. The maximum Gasteiger partial charge on any atom is 0.308 e. The maximum atomic E-state index is 10.7. The first kappa shape index (κ1) is 12.9. The van der Waals surface area contributed by atoms with E-state index in [1.807, 2.05) is 18.7 Å². The third-order valence-corrected chi connectivity index (χ3v) is 5.59. The number of aryl methyl sites for hydroxylation is 1. The molecule has 3 nitrogen and oxygen atoms in total. The van der Waals surface area contributed by atoms with Crippen molar-refractivity contribution in [3.8, 4) is 0 Å². The number of carbonyl (C=O) groups is 1. The predicted octanol–water partition coefficient (Wildman–Crippen LogP) is 3.50. The van der Waals surface area contributed by atoms with E-state index in [4.69, 9.17) is 5.11 Å². The molecule has 0 aromatic carbocycles. The molecular weight excluding hydrogens is 254 g/mol. The average Bonchev–Trinajstić information content (AvgIpc) is 2.59. The Morgan fingerprint density at radius 3 is 2.82 bits per heavy atom. The summed E-state index contributed by atoms with van der Waals surface area (Å²) in [6.45, 7) is 1.90. The van der Waals surface area contributed by atoms with Crippen molar-refractivity contribution in [2.45, 2.75) is 55.0 Å². The third kappa shape index (κ3) is 3.71. The smallest absolute Gasteiger partial charge is 0.308 e. The van der Waals surface area contributed by atoms with Gasteiger partial charge in [-0.25, -0.2) is 4.98 Å². The van der Waals surface area contributed by atoms with Crippen LogP contribution >= 0.6 is 23.1 Å². The molecule has 17 heavy (non-hydrogen) atoms.